The number of ether oxygens (including phenoxy) is 2. The number of nitrogens with zero attached hydrogens (tertiary/aromatic N) is 1. The number of nitrogen functional groups attached to an aromatic ring is 1. The molecule has 0 fully saturated rings. The molecule has 0 saturated heterocycles. The van der Waals surface area contributed by atoms with E-state index in [9.17, 15) is 4.39 Å². The van der Waals surface area contributed by atoms with Crippen molar-refractivity contribution < 1.29 is 18.4 Å². The summed E-state index contributed by atoms with van der Waals surface area (Å²) >= 11 is 0. The molecule has 0 spiro atoms. The summed E-state index contributed by atoms with van der Waals surface area (Å²) in [6, 6.07) is 3.17. The lowest BCUT2D eigenvalue weighted by Crippen LogP contribution is -1.94. The van der Waals surface area contributed by atoms with Gasteiger partial charge in [-0.3, -0.25) is 0 Å². The second-order valence-corrected chi connectivity index (χ2v) is 3.26. The lowest BCUT2D eigenvalue weighted by molar-refractivity contribution is 0.171. The van der Waals surface area contributed by atoms with Crippen LogP contribution in [0.4, 0.5) is 10.3 Å². The maximum atomic E-state index is 14.0. The van der Waals surface area contributed by atoms with Crippen molar-refractivity contribution in [1.29, 1.82) is 0 Å². The molecule has 2 aromatic rings. The Bertz CT molecular complexity index is 553. The Balaban J connectivity index is 2.20. The number of aromatic nitrogens is 1. The van der Waals surface area contributed by atoms with E-state index in [0.29, 0.717) is 11.3 Å². The third kappa shape index (κ3) is 1.13. The predicted octanol–water partition coefficient (Wildman–Crippen LogP) is 1.79. The molecule has 1 aromatic heterocycles. The van der Waals surface area contributed by atoms with Gasteiger partial charge < -0.3 is 19.7 Å². The number of halogens is 1. The highest BCUT2D eigenvalue weighted by Gasteiger charge is 2.23. The van der Waals surface area contributed by atoms with Gasteiger partial charge >= 0.3 is 0 Å². The Morgan fingerprint density at radius 1 is 1.25 bits per heavy atom. The average molecular weight is 222 g/mol. The number of rotatable bonds is 1. The van der Waals surface area contributed by atoms with Gasteiger partial charge in [-0.1, -0.05) is 5.16 Å². The lowest BCUT2D eigenvalue weighted by Gasteiger charge is -2.03. The fraction of sp³-hybridized carbons (Fsp3) is 0.100. The van der Waals surface area contributed by atoms with E-state index in [0.717, 1.165) is 0 Å². The maximum absolute atomic E-state index is 14.0. The highest BCUT2D eigenvalue weighted by molar-refractivity contribution is 5.74. The zero-order chi connectivity index (χ0) is 11.1. The van der Waals surface area contributed by atoms with Crippen LogP contribution in [0.25, 0.3) is 11.1 Å². The molecule has 1 aromatic carbocycles. The van der Waals surface area contributed by atoms with Crippen LogP contribution in [0.2, 0.25) is 0 Å². The first-order chi connectivity index (χ1) is 7.77. The van der Waals surface area contributed by atoms with E-state index in [1.807, 2.05) is 0 Å². The van der Waals surface area contributed by atoms with Crippen LogP contribution in [0.5, 0.6) is 11.5 Å². The topological polar surface area (TPSA) is 70.5 Å². The summed E-state index contributed by atoms with van der Waals surface area (Å²) in [5, 5.41) is 3.49. The van der Waals surface area contributed by atoms with Crippen molar-refractivity contribution >= 4 is 5.88 Å². The maximum Gasteiger partial charge on any atom is 0.231 e. The van der Waals surface area contributed by atoms with E-state index >= 15 is 0 Å². The monoisotopic (exact) mass is 222 g/mol. The van der Waals surface area contributed by atoms with Crippen LogP contribution >= 0.6 is 0 Å². The highest BCUT2D eigenvalue weighted by Crippen LogP contribution is 2.40. The summed E-state index contributed by atoms with van der Waals surface area (Å²) < 4.78 is 28.7. The fourth-order valence-electron chi connectivity index (χ4n) is 1.60. The van der Waals surface area contributed by atoms with Crippen LogP contribution in [0.1, 0.15) is 0 Å². The molecule has 0 unspecified atom stereocenters. The van der Waals surface area contributed by atoms with Crippen molar-refractivity contribution in [2.24, 2.45) is 0 Å². The molecule has 1 aliphatic rings. The number of nitrogens with two attached hydrogens (primary N) is 1. The summed E-state index contributed by atoms with van der Waals surface area (Å²) in [6.07, 6.45) is 1.36. The van der Waals surface area contributed by atoms with E-state index in [-0.39, 0.29) is 24.0 Å². The van der Waals surface area contributed by atoms with Crippen LogP contribution in [-0.2, 0) is 0 Å². The molecule has 1 aliphatic heterocycles. The molecular formula is C10H7FN2O3. The van der Waals surface area contributed by atoms with Crippen molar-refractivity contribution in [3.05, 3.63) is 24.1 Å². The molecular weight excluding hydrogens is 215 g/mol. The molecule has 5 nitrogen and oxygen atoms in total. The van der Waals surface area contributed by atoms with E-state index in [4.69, 9.17) is 15.2 Å². The lowest BCUT2D eigenvalue weighted by atomic mass is 10.1. The molecule has 0 aliphatic carbocycles. The zero-order valence-corrected chi connectivity index (χ0v) is 8.07. The molecule has 0 bridgehead atoms. The molecule has 6 heteroatoms. The fourth-order valence-corrected chi connectivity index (χ4v) is 1.60. The molecule has 2 heterocycles. The minimum absolute atomic E-state index is 0.0226. The normalized spacial score (nSPS) is 13.1. The van der Waals surface area contributed by atoms with E-state index in [1.54, 1.807) is 12.1 Å². The molecule has 16 heavy (non-hydrogen) atoms. The van der Waals surface area contributed by atoms with Crippen LogP contribution < -0.4 is 15.2 Å². The summed E-state index contributed by atoms with van der Waals surface area (Å²) in [7, 11) is 0. The van der Waals surface area contributed by atoms with Crippen molar-refractivity contribution in [2.75, 3.05) is 12.5 Å². The third-order valence-corrected chi connectivity index (χ3v) is 2.37. The van der Waals surface area contributed by atoms with Gasteiger partial charge in [0.05, 0.1) is 11.8 Å². The van der Waals surface area contributed by atoms with Gasteiger partial charge in [-0.15, -0.1) is 0 Å². The smallest absolute Gasteiger partial charge is 0.231 e. The van der Waals surface area contributed by atoms with Gasteiger partial charge in [0.15, 0.2) is 11.6 Å². The Kier molecular flexibility index (Phi) is 1.76. The van der Waals surface area contributed by atoms with Crippen molar-refractivity contribution in [1.82, 2.24) is 5.16 Å². The first kappa shape index (κ1) is 9.02. The van der Waals surface area contributed by atoms with Gasteiger partial charge in [-0.05, 0) is 12.1 Å². The molecule has 2 N–H and O–H groups in total. The minimum Gasteiger partial charge on any atom is -0.453 e. The number of hydrogen-bond acceptors (Lipinski definition) is 5. The van der Waals surface area contributed by atoms with Crippen LogP contribution in [0.3, 0.4) is 0 Å². The predicted molar refractivity (Wildman–Crippen MR) is 52.4 cm³/mol. The Morgan fingerprint density at radius 3 is 2.88 bits per heavy atom. The van der Waals surface area contributed by atoms with E-state index < -0.39 is 5.82 Å². The van der Waals surface area contributed by atoms with Gasteiger partial charge in [-0.25, -0.2) is 4.39 Å². The van der Waals surface area contributed by atoms with Crippen LogP contribution in [-0.4, -0.2) is 11.9 Å². The Labute approximate surface area is 89.5 Å². The Hall–Kier alpha value is -2.24. The second-order valence-electron chi connectivity index (χ2n) is 3.26. The van der Waals surface area contributed by atoms with Gasteiger partial charge in [-0.2, -0.15) is 0 Å². The molecule has 3 rings (SSSR count). The van der Waals surface area contributed by atoms with Crippen LogP contribution in [0.15, 0.2) is 22.9 Å². The summed E-state index contributed by atoms with van der Waals surface area (Å²) in [5.74, 6) is 0.0250. The molecule has 0 saturated carbocycles. The van der Waals surface area contributed by atoms with Gasteiger partial charge in [0, 0.05) is 5.56 Å². The average Bonchev–Trinajstić information content (AvgIpc) is 2.88. The van der Waals surface area contributed by atoms with Crippen molar-refractivity contribution in [3.8, 4) is 22.6 Å². The van der Waals surface area contributed by atoms with Crippen molar-refractivity contribution in [3.63, 3.8) is 0 Å². The first-order valence-electron chi connectivity index (χ1n) is 4.56. The number of hydrogen-bond donors (Lipinski definition) is 1. The minimum atomic E-state index is -0.523. The summed E-state index contributed by atoms with van der Waals surface area (Å²) in [6.45, 7) is 0.0226. The van der Waals surface area contributed by atoms with Crippen LogP contribution in [0, 0.1) is 5.82 Å². The standard InChI is InChI=1S/C10H7FN2O3/c11-8-5(6-3-13-16-10(6)12)1-2-7-9(8)15-4-14-7/h1-3H,4,12H2. The number of anilines is 1. The quantitative estimate of drug-likeness (QED) is 0.796. The molecule has 0 radical (unpaired) electrons. The number of fused-ring (bicyclic) bond motifs is 1. The van der Waals surface area contributed by atoms with Gasteiger partial charge in [0.1, 0.15) is 0 Å². The van der Waals surface area contributed by atoms with Gasteiger partial charge in [0.2, 0.25) is 18.4 Å². The zero-order valence-electron chi connectivity index (χ0n) is 8.07. The summed E-state index contributed by atoms with van der Waals surface area (Å²) in [5.41, 5.74) is 6.20. The molecule has 0 amide bonds. The van der Waals surface area contributed by atoms with Gasteiger partial charge in [0.25, 0.3) is 0 Å². The number of benzene rings is 1. The third-order valence-electron chi connectivity index (χ3n) is 2.37. The van der Waals surface area contributed by atoms with E-state index in [1.165, 1.54) is 6.20 Å². The SMILES string of the molecule is Nc1oncc1-c1ccc2c(c1F)OCO2. The molecule has 0 atom stereocenters. The Morgan fingerprint density at radius 2 is 2.12 bits per heavy atom. The van der Waals surface area contributed by atoms with E-state index in [2.05, 4.69) is 9.68 Å². The molecule has 82 valence electrons. The highest BCUT2D eigenvalue weighted by atomic mass is 19.1. The largest absolute Gasteiger partial charge is 0.453 e. The summed E-state index contributed by atoms with van der Waals surface area (Å²) in [4.78, 5) is 0. The second kappa shape index (κ2) is 3.13. The van der Waals surface area contributed by atoms with Crippen molar-refractivity contribution in [2.45, 2.75) is 0 Å². The first-order valence-corrected chi connectivity index (χ1v) is 4.56.